The Labute approximate surface area is 218 Å². The number of rotatable bonds is 5. The molecule has 10 heteroatoms. The van der Waals surface area contributed by atoms with Crippen LogP contribution in [0.2, 0.25) is 10.0 Å². The van der Waals surface area contributed by atoms with Crippen molar-refractivity contribution in [1.82, 2.24) is 15.2 Å². The number of amides is 1. The average molecular weight is 533 g/mol. The predicted molar refractivity (Wildman–Crippen MR) is 139 cm³/mol. The number of nitrogen functional groups attached to an aromatic ring is 1. The Morgan fingerprint density at radius 1 is 1.39 bits per heavy atom. The van der Waals surface area contributed by atoms with Crippen molar-refractivity contribution in [2.75, 3.05) is 25.4 Å². The fourth-order valence-corrected chi connectivity index (χ4v) is 5.70. The van der Waals surface area contributed by atoms with Gasteiger partial charge in [-0.15, -0.1) is 0 Å². The van der Waals surface area contributed by atoms with Gasteiger partial charge < -0.3 is 25.1 Å². The lowest BCUT2D eigenvalue weighted by molar-refractivity contribution is -0.136. The molecule has 2 atom stereocenters. The van der Waals surface area contributed by atoms with Gasteiger partial charge in [-0.2, -0.15) is 0 Å². The summed E-state index contributed by atoms with van der Waals surface area (Å²) in [7, 11) is 0. The van der Waals surface area contributed by atoms with Gasteiger partial charge >= 0.3 is 0 Å². The van der Waals surface area contributed by atoms with Gasteiger partial charge in [-0.1, -0.05) is 29.3 Å². The second-order valence-electron chi connectivity index (χ2n) is 9.47. The lowest BCUT2D eigenvalue weighted by Gasteiger charge is -2.33. The number of benzene rings is 1. The molecule has 36 heavy (non-hydrogen) atoms. The van der Waals surface area contributed by atoms with Gasteiger partial charge in [0.1, 0.15) is 11.9 Å². The Balaban J connectivity index is 1.41. The number of halogens is 3. The largest absolute Gasteiger partial charge is 0.478 e. The van der Waals surface area contributed by atoms with Crippen LogP contribution >= 0.6 is 23.2 Å². The maximum atomic E-state index is 14.1. The number of hydrogen-bond donors (Lipinski definition) is 2. The second kappa shape index (κ2) is 9.57. The highest BCUT2D eigenvalue weighted by molar-refractivity contribution is 6.36. The summed E-state index contributed by atoms with van der Waals surface area (Å²) in [5.74, 6) is -0.0894. The van der Waals surface area contributed by atoms with Gasteiger partial charge in [-0.05, 0) is 57.4 Å². The van der Waals surface area contributed by atoms with E-state index in [4.69, 9.17) is 38.1 Å². The number of anilines is 1. The number of furan rings is 1. The molecule has 2 aliphatic rings. The normalized spacial score (nSPS) is 21.0. The van der Waals surface area contributed by atoms with E-state index in [9.17, 15) is 9.18 Å². The quantitative estimate of drug-likeness (QED) is 0.406. The van der Waals surface area contributed by atoms with E-state index in [1.165, 1.54) is 12.1 Å². The van der Waals surface area contributed by atoms with Crippen LogP contribution in [0.4, 0.5) is 10.2 Å². The lowest BCUT2D eigenvalue weighted by atomic mass is 9.95. The Bertz CT molecular complexity index is 1370. The molecule has 7 nitrogen and oxygen atoms in total. The number of hydrogen-bond acceptors (Lipinski definition) is 6. The van der Waals surface area contributed by atoms with Crippen molar-refractivity contribution in [2.24, 2.45) is 0 Å². The third kappa shape index (κ3) is 4.31. The number of carbonyl (C=O) groups is 1. The van der Waals surface area contributed by atoms with E-state index in [1.807, 2.05) is 11.8 Å². The third-order valence-corrected chi connectivity index (χ3v) is 7.78. The van der Waals surface area contributed by atoms with Gasteiger partial charge in [0.05, 0.1) is 22.2 Å². The number of nitrogens with zero attached hydrogens (tertiary/aromatic N) is 2. The molecular formula is C26H27Cl2FN4O3. The minimum atomic E-state index is -0.719. The first-order valence-corrected chi connectivity index (χ1v) is 12.6. The third-order valence-electron chi connectivity index (χ3n) is 7.06. The van der Waals surface area contributed by atoms with Gasteiger partial charge in [0, 0.05) is 35.4 Å². The number of carbonyl (C=O) groups excluding carboxylic acids is 1. The SMILES string of the molecule is C[C@@H](Oc1c(N)ncc2c(C3=CCN(C(=O)[C@]4(C)CCCN4)CC3)coc12)c1c(Cl)ccc(F)c1Cl. The summed E-state index contributed by atoms with van der Waals surface area (Å²) >= 11 is 12.4. The molecule has 2 aromatic heterocycles. The topological polar surface area (TPSA) is 93.6 Å². The van der Waals surface area contributed by atoms with Crippen molar-refractivity contribution < 1.29 is 18.3 Å². The first kappa shape index (κ1) is 24.9. The number of ether oxygens (including phenoxy) is 1. The van der Waals surface area contributed by atoms with Crippen LogP contribution in [0.1, 0.15) is 50.3 Å². The Morgan fingerprint density at radius 2 is 2.19 bits per heavy atom. The fourth-order valence-electron chi connectivity index (χ4n) is 5.02. The summed E-state index contributed by atoms with van der Waals surface area (Å²) in [5, 5.41) is 4.25. The molecule has 5 rings (SSSR count). The van der Waals surface area contributed by atoms with Crippen molar-refractivity contribution in [1.29, 1.82) is 0 Å². The summed E-state index contributed by atoms with van der Waals surface area (Å²) < 4.78 is 26.0. The summed E-state index contributed by atoms with van der Waals surface area (Å²) in [6.07, 6.45) is 7.17. The van der Waals surface area contributed by atoms with Crippen LogP contribution in [0, 0.1) is 5.82 Å². The molecule has 0 bridgehead atoms. The van der Waals surface area contributed by atoms with E-state index in [2.05, 4.69) is 16.4 Å². The van der Waals surface area contributed by atoms with Crippen molar-refractivity contribution >= 4 is 51.5 Å². The van der Waals surface area contributed by atoms with E-state index in [1.54, 1.807) is 19.4 Å². The number of fused-ring (bicyclic) bond motifs is 1. The molecule has 0 spiro atoms. The number of aromatic nitrogens is 1. The highest BCUT2D eigenvalue weighted by atomic mass is 35.5. The van der Waals surface area contributed by atoms with Crippen molar-refractivity contribution in [2.45, 2.75) is 44.8 Å². The molecular weight excluding hydrogens is 506 g/mol. The van der Waals surface area contributed by atoms with E-state index in [-0.39, 0.29) is 27.5 Å². The minimum absolute atomic E-state index is 0.109. The zero-order valence-corrected chi connectivity index (χ0v) is 21.5. The fraction of sp³-hybridized carbons (Fsp3) is 0.385. The Morgan fingerprint density at radius 3 is 2.89 bits per heavy atom. The van der Waals surface area contributed by atoms with Crippen LogP contribution in [-0.2, 0) is 4.79 Å². The molecule has 1 amide bonds. The van der Waals surface area contributed by atoms with Crippen molar-refractivity contribution in [3.05, 3.63) is 57.7 Å². The molecule has 3 N–H and O–H groups in total. The molecule has 1 fully saturated rings. The van der Waals surface area contributed by atoms with Crippen LogP contribution in [-0.4, -0.2) is 41.0 Å². The van der Waals surface area contributed by atoms with Gasteiger partial charge in [0.2, 0.25) is 11.7 Å². The van der Waals surface area contributed by atoms with Gasteiger partial charge in [-0.3, -0.25) is 4.79 Å². The van der Waals surface area contributed by atoms with Crippen LogP contribution in [0.3, 0.4) is 0 Å². The molecule has 1 saturated heterocycles. The van der Waals surface area contributed by atoms with Gasteiger partial charge in [-0.25, -0.2) is 9.37 Å². The molecule has 4 heterocycles. The smallest absolute Gasteiger partial charge is 0.242 e. The van der Waals surface area contributed by atoms with E-state index in [0.29, 0.717) is 30.7 Å². The van der Waals surface area contributed by atoms with Crippen LogP contribution in [0.5, 0.6) is 5.75 Å². The number of nitrogens with two attached hydrogens (primary N) is 1. The standard InChI is InChI=1S/C26H27Cl2FN4O3/c1-14(20-18(27)4-5-19(29)21(20)28)36-23-22-16(12-31-24(23)30)17(13-35-22)15-6-10-33(11-7-15)25(34)26(2)8-3-9-32-26/h4-6,12-14,32H,3,7-11H2,1-2H3,(H2,30,31)/t14-,26+/m1/s1. The molecule has 3 aromatic rings. The summed E-state index contributed by atoms with van der Waals surface area (Å²) in [4.78, 5) is 19.2. The maximum Gasteiger partial charge on any atom is 0.242 e. The maximum absolute atomic E-state index is 14.1. The van der Waals surface area contributed by atoms with Crippen molar-refractivity contribution in [3.8, 4) is 5.75 Å². The molecule has 0 saturated carbocycles. The minimum Gasteiger partial charge on any atom is -0.478 e. The number of nitrogens with one attached hydrogen (secondary N) is 1. The summed E-state index contributed by atoms with van der Waals surface area (Å²) in [6.45, 7) is 5.69. The first-order chi connectivity index (χ1) is 17.2. The molecule has 0 radical (unpaired) electrons. The van der Waals surface area contributed by atoms with Gasteiger partial charge in [0.15, 0.2) is 11.4 Å². The second-order valence-corrected chi connectivity index (χ2v) is 10.3. The monoisotopic (exact) mass is 532 g/mol. The molecule has 0 unspecified atom stereocenters. The highest BCUT2D eigenvalue weighted by Crippen LogP contribution is 2.41. The van der Waals surface area contributed by atoms with E-state index in [0.717, 1.165) is 35.9 Å². The molecule has 0 aliphatic carbocycles. The number of pyridine rings is 1. The Kier molecular flexibility index (Phi) is 6.61. The van der Waals surface area contributed by atoms with Gasteiger partial charge in [0.25, 0.3) is 0 Å². The van der Waals surface area contributed by atoms with Crippen LogP contribution in [0.25, 0.3) is 16.5 Å². The first-order valence-electron chi connectivity index (χ1n) is 11.9. The lowest BCUT2D eigenvalue weighted by Crippen LogP contribution is -2.53. The zero-order chi connectivity index (χ0) is 25.6. The predicted octanol–water partition coefficient (Wildman–Crippen LogP) is 5.75. The average Bonchev–Trinajstić information content (AvgIpc) is 3.50. The molecule has 1 aromatic carbocycles. The molecule has 2 aliphatic heterocycles. The van der Waals surface area contributed by atoms with Crippen LogP contribution in [0.15, 0.2) is 35.1 Å². The highest BCUT2D eigenvalue weighted by Gasteiger charge is 2.39. The zero-order valence-electron chi connectivity index (χ0n) is 20.0. The molecule has 190 valence electrons. The van der Waals surface area contributed by atoms with E-state index < -0.39 is 17.5 Å². The Hall–Kier alpha value is -2.81. The summed E-state index contributed by atoms with van der Waals surface area (Å²) in [6, 6.07) is 2.63. The van der Waals surface area contributed by atoms with Crippen LogP contribution < -0.4 is 15.8 Å². The van der Waals surface area contributed by atoms with E-state index >= 15 is 0 Å². The summed E-state index contributed by atoms with van der Waals surface area (Å²) in [5.41, 5.74) is 8.32. The van der Waals surface area contributed by atoms with Crippen molar-refractivity contribution in [3.63, 3.8) is 0 Å².